The highest BCUT2D eigenvalue weighted by molar-refractivity contribution is 6.30. The van der Waals surface area contributed by atoms with Crippen LogP contribution in [0, 0.1) is 17.7 Å². The summed E-state index contributed by atoms with van der Waals surface area (Å²) in [5, 5.41) is 20.6. The SMILES string of the molecule is CC1CC(CO)C1.CN(C)C(=O)c1[nH]cc(C(=O)NCc2cccc(Cl)c2F)c(=O)c1O. The fraction of sp³-hybridized carbons (Fsp3) is 0.409. The topological polar surface area (TPSA) is 123 Å². The Morgan fingerprint density at radius 1 is 1.31 bits per heavy atom. The fourth-order valence-electron chi connectivity index (χ4n) is 3.25. The highest BCUT2D eigenvalue weighted by Gasteiger charge is 2.24. The van der Waals surface area contributed by atoms with Gasteiger partial charge in [0.25, 0.3) is 11.8 Å². The number of H-pyrrole nitrogens is 1. The second kappa shape index (κ2) is 11.1. The van der Waals surface area contributed by atoms with Crippen molar-refractivity contribution in [3.05, 3.63) is 62.3 Å². The number of pyridine rings is 1. The van der Waals surface area contributed by atoms with Crippen molar-refractivity contribution in [2.75, 3.05) is 20.7 Å². The highest BCUT2D eigenvalue weighted by atomic mass is 35.5. The lowest BCUT2D eigenvalue weighted by Gasteiger charge is -2.30. The number of aliphatic hydroxyl groups excluding tert-OH is 1. The molecule has 3 rings (SSSR count). The van der Waals surface area contributed by atoms with Gasteiger partial charge in [-0.15, -0.1) is 0 Å². The summed E-state index contributed by atoms with van der Waals surface area (Å²) in [6.45, 7) is 2.43. The fourth-order valence-corrected chi connectivity index (χ4v) is 3.44. The number of carbonyl (C=O) groups excluding carboxylic acids is 2. The molecule has 174 valence electrons. The standard InChI is InChI=1S/C16H15ClFN3O4.C6H12O/c1-21(2)16(25)12-14(23)13(22)9(7-19-12)15(24)20-6-8-4-3-5-10(17)11(8)18;1-5-2-6(3-5)4-7/h3-5,7,23H,6H2,1-2H3,(H,19,22)(H,20,24);5-7H,2-4H2,1H3. The predicted molar refractivity (Wildman–Crippen MR) is 118 cm³/mol. The molecule has 1 heterocycles. The van der Waals surface area contributed by atoms with Crippen LogP contribution >= 0.6 is 11.6 Å². The lowest BCUT2D eigenvalue weighted by atomic mass is 9.77. The highest BCUT2D eigenvalue weighted by Crippen LogP contribution is 2.31. The number of hydrogen-bond acceptors (Lipinski definition) is 5. The van der Waals surface area contributed by atoms with Gasteiger partial charge in [0.1, 0.15) is 11.4 Å². The maximum atomic E-state index is 13.8. The number of aromatic hydroxyl groups is 1. The van der Waals surface area contributed by atoms with Crippen LogP contribution < -0.4 is 10.7 Å². The number of nitrogens with one attached hydrogen (secondary N) is 2. The van der Waals surface area contributed by atoms with E-state index in [-0.39, 0.29) is 22.8 Å². The largest absolute Gasteiger partial charge is 0.503 e. The average Bonchev–Trinajstić information content (AvgIpc) is 2.74. The Bertz CT molecular complexity index is 1030. The van der Waals surface area contributed by atoms with Crippen LogP contribution in [0.3, 0.4) is 0 Å². The number of benzene rings is 1. The molecule has 0 aliphatic heterocycles. The van der Waals surface area contributed by atoms with E-state index in [0.717, 1.165) is 17.0 Å². The molecule has 0 bridgehead atoms. The van der Waals surface area contributed by atoms with Gasteiger partial charge in [0.05, 0.1) is 5.02 Å². The predicted octanol–water partition coefficient (Wildman–Crippen LogP) is 2.53. The molecular formula is C22H27ClFN3O5. The summed E-state index contributed by atoms with van der Waals surface area (Å²) in [5.74, 6) is -1.46. The molecule has 0 spiro atoms. The van der Waals surface area contributed by atoms with Crippen LogP contribution in [0.5, 0.6) is 5.75 Å². The van der Waals surface area contributed by atoms with E-state index in [1.807, 2.05) is 0 Å². The molecule has 1 aliphatic rings. The summed E-state index contributed by atoms with van der Waals surface area (Å²) in [5.41, 5.74) is -1.60. The number of aliphatic hydroxyl groups is 1. The number of aromatic amines is 1. The van der Waals surface area contributed by atoms with E-state index in [4.69, 9.17) is 16.7 Å². The van der Waals surface area contributed by atoms with Gasteiger partial charge in [-0.2, -0.15) is 0 Å². The second-order valence-electron chi connectivity index (χ2n) is 7.98. The number of rotatable bonds is 5. The molecule has 1 aromatic heterocycles. The van der Waals surface area contributed by atoms with Crippen molar-refractivity contribution in [2.24, 2.45) is 11.8 Å². The van der Waals surface area contributed by atoms with Crippen molar-refractivity contribution in [3.8, 4) is 5.75 Å². The number of halogens is 2. The average molecular weight is 468 g/mol. The second-order valence-corrected chi connectivity index (χ2v) is 8.38. The number of carbonyl (C=O) groups is 2. The third-order valence-electron chi connectivity index (χ3n) is 5.12. The molecule has 0 radical (unpaired) electrons. The van der Waals surface area contributed by atoms with Gasteiger partial charge in [-0.25, -0.2) is 4.39 Å². The van der Waals surface area contributed by atoms with E-state index >= 15 is 0 Å². The van der Waals surface area contributed by atoms with Crippen LogP contribution in [0.25, 0.3) is 0 Å². The Labute approximate surface area is 190 Å². The Morgan fingerprint density at radius 2 is 1.97 bits per heavy atom. The van der Waals surface area contributed by atoms with Gasteiger partial charge in [-0.3, -0.25) is 14.4 Å². The maximum absolute atomic E-state index is 13.8. The minimum atomic E-state index is -1.01. The summed E-state index contributed by atoms with van der Waals surface area (Å²) in [7, 11) is 2.89. The Hall–Kier alpha value is -2.91. The molecule has 0 atom stereocenters. The zero-order valence-electron chi connectivity index (χ0n) is 18.1. The van der Waals surface area contributed by atoms with Crippen molar-refractivity contribution in [3.63, 3.8) is 0 Å². The lowest BCUT2D eigenvalue weighted by molar-refractivity contribution is 0.0817. The number of hydrogen-bond donors (Lipinski definition) is 4. The van der Waals surface area contributed by atoms with E-state index in [0.29, 0.717) is 12.5 Å². The number of aromatic nitrogens is 1. The Kier molecular flexibility index (Phi) is 8.80. The zero-order valence-corrected chi connectivity index (χ0v) is 18.9. The van der Waals surface area contributed by atoms with E-state index in [1.165, 1.54) is 45.1 Å². The lowest BCUT2D eigenvalue weighted by Crippen LogP contribution is -2.31. The smallest absolute Gasteiger partial charge is 0.273 e. The first-order valence-corrected chi connectivity index (χ1v) is 10.4. The van der Waals surface area contributed by atoms with Crippen molar-refractivity contribution < 1.29 is 24.2 Å². The quantitative estimate of drug-likeness (QED) is 0.538. The van der Waals surface area contributed by atoms with E-state index in [2.05, 4.69) is 17.2 Å². The van der Waals surface area contributed by atoms with Gasteiger partial charge in [-0.05, 0) is 30.7 Å². The Morgan fingerprint density at radius 3 is 2.50 bits per heavy atom. The summed E-state index contributed by atoms with van der Waals surface area (Å²) in [4.78, 5) is 39.6. The van der Waals surface area contributed by atoms with Gasteiger partial charge in [-0.1, -0.05) is 30.7 Å². The molecule has 1 aliphatic carbocycles. The van der Waals surface area contributed by atoms with Crippen LogP contribution in [0.4, 0.5) is 4.39 Å². The summed E-state index contributed by atoms with van der Waals surface area (Å²) >= 11 is 5.65. The summed E-state index contributed by atoms with van der Waals surface area (Å²) in [6, 6.07) is 4.32. The third kappa shape index (κ3) is 6.08. The van der Waals surface area contributed by atoms with Crippen molar-refractivity contribution >= 4 is 23.4 Å². The van der Waals surface area contributed by atoms with Crippen LogP contribution in [0.2, 0.25) is 5.02 Å². The normalized spacial score (nSPS) is 16.9. The minimum Gasteiger partial charge on any atom is -0.503 e. The maximum Gasteiger partial charge on any atom is 0.273 e. The van der Waals surface area contributed by atoms with Gasteiger partial charge >= 0.3 is 0 Å². The molecule has 1 fully saturated rings. The summed E-state index contributed by atoms with van der Waals surface area (Å²) in [6.07, 6.45) is 3.51. The first-order chi connectivity index (χ1) is 15.1. The zero-order chi connectivity index (χ0) is 24.0. The van der Waals surface area contributed by atoms with Gasteiger partial charge in [0.15, 0.2) is 11.4 Å². The van der Waals surface area contributed by atoms with Crippen LogP contribution in [-0.2, 0) is 6.54 Å². The molecule has 32 heavy (non-hydrogen) atoms. The number of amides is 2. The van der Waals surface area contributed by atoms with Crippen LogP contribution in [-0.4, -0.2) is 52.6 Å². The molecule has 1 saturated carbocycles. The first kappa shape index (κ1) is 25.4. The van der Waals surface area contributed by atoms with Gasteiger partial charge < -0.3 is 25.4 Å². The van der Waals surface area contributed by atoms with Gasteiger partial charge in [0, 0.05) is 39.0 Å². The molecular weight excluding hydrogens is 441 g/mol. The molecule has 10 heteroatoms. The molecule has 4 N–H and O–H groups in total. The molecule has 0 saturated heterocycles. The monoisotopic (exact) mass is 467 g/mol. The van der Waals surface area contributed by atoms with Crippen LogP contribution in [0.15, 0.2) is 29.2 Å². The Balaban J connectivity index is 0.000000439. The van der Waals surface area contributed by atoms with E-state index in [1.54, 1.807) is 0 Å². The first-order valence-electron chi connectivity index (χ1n) is 10.0. The molecule has 0 unspecified atom stereocenters. The summed E-state index contributed by atoms with van der Waals surface area (Å²) < 4.78 is 13.8. The van der Waals surface area contributed by atoms with Crippen molar-refractivity contribution in [2.45, 2.75) is 26.3 Å². The van der Waals surface area contributed by atoms with Crippen molar-refractivity contribution in [1.82, 2.24) is 15.2 Å². The number of nitrogens with zero attached hydrogens (tertiary/aromatic N) is 1. The van der Waals surface area contributed by atoms with Gasteiger partial charge in [0.2, 0.25) is 5.43 Å². The van der Waals surface area contributed by atoms with E-state index in [9.17, 15) is 23.9 Å². The van der Waals surface area contributed by atoms with Crippen LogP contribution in [0.1, 0.15) is 46.2 Å². The molecule has 1 aromatic carbocycles. The molecule has 8 nitrogen and oxygen atoms in total. The third-order valence-corrected chi connectivity index (χ3v) is 5.41. The van der Waals surface area contributed by atoms with E-state index < -0.39 is 34.4 Å². The minimum absolute atomic E-state index is 0.0891. The molecule has 2 aromatic rings. The molecule has 2 amide bonds. The van der Waals surface area contributed by atoms with Crippen molar-refractivity contribution in [1.29, 1.82) is 0 Å².